The molecule has 2 aromatic rings. The molecule has 0 unspecified atom stereocenters. The van der Waals surface area contributed by atoms with Crippen molar-refractivity contribution in [1.82, 2.24) is 9.97 Å². The van der Waals surface area contributed by atoms with E-state index >= 15 is 0 Å². The summed E-state index contributed by atoms with van der Waals surface area (Å²) in [5, 5.41) is 9.14. The normalized spacial score (nSPS) is 10.6. The highest BCUT2D eigenvalue weighted by atomic mass is 35.5. The maximum atomic E-state index is 14.7. The molecule has 10 heteroatoms. The number of halogens is 3. The average molecular weight is 404 g/mol. The molecular formula is C16H16Cl2FN3O4. The first-order chi connectivity index (χ1) is 12.3. The molecule has 0 spiro atoms. The fourth-order valence-electron chi connectivity index (χ4n) is 2.19. The minimum atomic E-state index is -0.807. The Balaban J connectivity index is 2.73. The summed E-state index contributed by atoms with van der Waals surface area (Å²) in [6, 6.07) is 2.78. The van der Waals surface area contributed by atoms with E-state index in [1.54, 1.807) is 7.05 Å². The monoisotopic (exact) mass is 403 g/mol. The number of carbonyl (C=O) groups is 1. The molecule has 0 fully saturated rings. The van der Waals surface area contributed by atoms with Crippen LogP contribution >= 0.6 is 23.2 Å². The summed E-state index contributed by atoms with van der Waals surface area (Å²) < 4.78 is 24.4. The van der Waals surface area contributed by atoms with Gasteiger partial charge in [-0.3, -0.25) is 0 Å². The van der Waals surface area contributed by atoms with Crippen molar-refractivity contribution in [2.75, 3.05) is 39.3 Å². The third-order valence-electron chi connectivity index (χ3n) is 3.50. The van der Waals surface area contributed by atoms with Gasteiger partial charge in [0.25, 0.3) is 0 Å². The molecule has 0 aliphatic heterocycles. The van der Waals surface area contributed by atoms with Crippen molar-refractivity contribution < 1.29 is 23.8 Å². The summed E-state index contributed by atoms with van der Waals surface area (Å²) in [6.45, 7) is 0.00601. The minimum absolute atomic E-state index is 0.0354. The first kappa shape index (κ1) is 20.2. The van der Waals surface area contributed by atoms with Gasteiger partial charge in [-0.25, -0.2) is 19.2 Å². The number of rotatable bonds is 6. The Bertz CT molecular complexity index is 836. The minimum Gasteiger partial charge on any atom is -0.492 e. The molecule has 140 valence electrons. The molecule has 0 saturated heterocycles. The molecule has 0 aliphatic rings. The van der Waals surface area contributed by atoms with E-state index in [1.807, 2.05) is 0 Å². The Kier molecular flexibility index (Phi) is 6.57. The number of likely N-dealkylation sites (N-methyl/N-ethyl adjacent to an activating group) is 1. The van der Waals surface area contributed by atoms with E-state index in [-0.39, 0.29) is 51.8 Å². The van der Waals surface area contributed by atoms with Gasteiger partial charge in [-0.05, 0) is 12.1 Å². The summed E-state index contributed by atoms with van der Waals surface area (Å²) in [5.41, 5.74) is -0.265. The predicted molar refractivity (Wildman–Crippen MR) is 95.7 cm³/mol. The molecule has 0 atom stereocenters. The zero-order chi connectivity index (χ0) is 19.4. The molecule has 7 nitrogen and oxygen atoms in total. The zero-order valence-electron chi connectivity index (χ0n) is 14.2. The van der Waals surface area contributed by atoms with Gasteiger partial charge < -0.3 is 19.5 Å². The number of anilines is 1. The topological polar surface area (TPSA) is 84.8 Å². The molecule has 2 rings (SSSR count). The smallest absolute Gasteiger partial charge is 0.358 e. The van der Waals surface area contributed by atoms with Crippen molar-refractivity contribution in [3.05, 3.63) is 33.7 Å². The van der Waals surface area contributed by atoms with Crippen LogP contribution in [0.25, 0.3) is 11.4 Å². The summed E-state index contributed by atoms with van der Waals surface area (Å²) in [7, 11) is 4.05. The van der Waals surface area contributed by atoms with Gasteiger partial charge in [0.15, 0.2) is 28.9 Å². The molecular weight excluding hydrogens is 388 g/mol. The van der Waals surface area contributed by atoms with Crippen molar-refractivity contribution in [1.29, 1.82) is 0 Å². The highest BCUT2D eigenvalue weighted by Crippen LogP contribution is 2.36. The van der Waals surface area contributed by atoms with Crippen LogP contribution in [-0.2, 0) is 4.74 Å². The molecule has 1 aromatic carbocycles. The van der Waals surface area contributed by atoms with Crippen LogP contribution in [0.1, 0.15) is 10.5 Å². The fourth-order valence-corrected chi connectivity index (χ4v) is 2.72. The van der Waals surface area contributed by atoms with Crippen LogP contribution in [0.2, 0.25) is 10.0 Å². The summed E-state index contributed by atoms with van der Waals surface area (Å²) in [5.74, 6) is -1.73. The van der Waals surface area contributed by atoms with Gasteiger partial charge >= 0.3 is 5.97 Å². The molecule has 1 heterocycles. The summed E-state index contributed by atoms with van der Waals surface area (Å²) in [4.78, 5) is 21.8. The summed E-state index contributed by atoms with van der Waals surface area (Å²) >= 11 is 12.1. The van der Waals surface area contributed by atoms with E-state index in [4.69, 9.17) is 33.0 Å². The number of hydrogen-bond acceptors (Lipinski definition) is 7. The molecule has 0 bridgehead atoms. The number of nitrogens with zero attached hydrogens (tertiary/aromatic N) is 3. The number of esters is 1. The van der Waals surface area contributed by atoms with E-state index in [1.165, 1.54) is 31.3 Å². The van der Waals surface area contributed by atoms with Crippen molar-refractivity contribution in [3.63, 3.8) is 0 Å². The highest BCUT2D eigenvalue weighted by molar-refractivity contribution is 6.35. The standard InChI is InChI=1S/C16H16Cl2FN3O4/c1-22(6-7-23)15-10(18)12(16(24)26-3)20-14(21-15)8-4-5-9(17)13(25-2)11(8)19/h4-5,23H,6-7H2,1-3H3. The van der Waals surface area contributed by atoms with Crippen LogP contribution in [0.5, 0.6) is 5.75 Å². The number of benzene rings is 1. The largest absolute Gasteiger partial charge is 0.492 e. The van der Waals surface area contributed by atoms with E-state index in [0.29, 0.717) is 0 Å². The van der Waals surface area contributed by atoms with E-state index in [9.17, 15) is 9.18 Å². The molecule has 1 N–H and O–H groups in total. The molecule has 0 aliphatic carbocycles. The Morgan fingerprint density at radius 2 is 2.00 bits per heavy atom. The Hall–Kier alpha value is -2.16. The van der Waals surface area contributed by atoms with E-state index < -0.39 is 11.8 Å². The number of aliphatic hydroxyl groups excluding tert-OH is 1. The van der Waals surface area contributed by atoms with Crippen molar-refractivity contribution >= 4 is 35.0 Å². The lowest BCUT2D eigenvalue weighted by molar-refractivity contribution is 0.0594. The van der Waals surface area contributed by atoms with E-state index in [0.717, 1.165) is 0 Å². The van der Waals surface area contributed by atoms with Gasteiger partial charge in [-0.1, -0.05) is 23.2 Å². The van der Waals surface area contributed by atoms with Gasteiger partial charge in [0.2, 0.25) is 0 Å². The van der Waals surface area contributed by atoms with Crippen LogP contribution < -0.4 is 9.64 Å². The van der Waals surface area contributed by atoms with E-state index in [2.05, 4.69) is 14.7 Å². The number of ether oxygens (including phenoxy) is 2. The van der Waals surface area contributed by atoms with Crippen LogP contribution in [0.4, 0.5) is 10.2 Å². The Morgan fingerprint density at radius 1 is 1.31 bits per heavy atom. The van der Waals surface area contributed by atoms with Crippen LogP contribution in [0.15, 0.2) is 12.1 Å². The molecule has 0 amide bonds. The Morgan fingerprint density at radius 3 is 2.58 bits per heavy atom. The van der Waals surface area contributed by atoms with Gasteiger partial charge in [0.05, 0.1) is 31.4 Å². The molecule has 0 radical (unpaired) electrons. The third-order valence-corrected chi connectivity index (χ3v) is 4.15. The van der Waals surface area contributed by atoms with Crippen LogP contribution in [-0.4, -0.2) is 55.5 Å². The first-order valence-electron chi connectivity index (χ1n) is 7.35. The average Bonchev–Trinajstić information content (AvgIpc) is 2.62. The zero-order valence-corrected chi connectivity index (χ0v) is 15.7. The quantitative estimate of drug-likeness (QED) is 0.742. The lowest BCUT2D eigenvalue weighted by atomic mass is 10.1. The van der Waals surface area contributed by atoms with Gasteiger partial charge in [-0.15, -0.1) is 0 Å². The van der Waals surface area contributed by atoms with Gasteiger partial charge in [-0.2, -0.15) is 0 Å². The third kappa shape index (κ3) is 3.82. The van der Waals surface area contributed by atoms with Crippen LogP contribution in [0, 0.1) is 5.82 Å². The molecule has 0 saturated carbocycles. The Labute approximate surface area is 159 Å². The van der Waals surface area contributed by atoms with Crippen molar-refractivity contribution in [2.24, 2.45) is 0 Å². The summed E-state index contributed by atoms with van der Waals surface area (Å²) in [6.07, 6.45) is 0. The second-order valence-electron chi connectivity index (χ2n) is 5.11. The number of carbonyl (C=O) groups excluding carboxylic acids is 1. The number of aliphatic hydroxyl groups is 1. The van der Waals surface area contributed by atoms with Gasteiger partial charge in [0.1, 0.15) is 5.02 Å². The molecule has 1 aromatic heterocycles. The highest BCUT2D eigenvalue weighted by Gasteiger charge is 2.24. The number of aromatic nitrogens is 2. The SMILES string of the molecule is COC(=O)c1nc(-c2ccc(Cl)c(OC)c2F)nc(N(C)CCO)c1Cl. The maximum Gasteiger partial charge on any atom is 0.358 e. The second-order valence-corrected chi connectivity index (χ2v) is 5.90. The maximum absolute atomic E-state index is 14.7. The predicted octanol–water partition coefficient (Wildman–Crippen LogP) is 2.81. The lowest BCUT2D eigenvalue weighted by Gasteiger charge is -2.20. The lowest BCUT2D eigenvalue weighted by Crippen LogP contribution is -2.24. The molecule has 26 heavy (non-hydrogen) atoms. The number of hydrogen-bond donors (Lipinski definition) is 1. The van der Waals surface area contributed by atoms with Gasteiger partial charge in [0, 0.05) is 13.6 Å². The fraction of sp³-hybridized carbons (Fsp3) is 0.312. The first-order valence-corrected chi connectivity index (χ1v) is 8.11. The van der Waals surface area contributed by atoms with Crippen molar-refractivity contribution in [2.45, 2.75) is 0 Å². The number of methoxy groups -OCH3 is 2. The van der Waals surface area contributed by atoms with Crippen molar-refractivity contribution in [3.8, 4) is 17.1 Å². The van der Waals surface area contributed by atoms with Crippen LogP contribution in [0.3, 0.4) is 0 Å². The second kappa shape index (κ2) is 8.48.